The fourth-order valence-electron chi connectivity index (χ4n) is 3.03. The Balaban J connectivity index is 2.38. The molecule has 0 bridgehead atoms. The van der Waals surface area contributed by atoms with Gasteiger partial charge in [0.1, 0.15) is 6.04 Å². The number of carbonyl (C=O) groups is 1. The number of aryl methyl sites for hydroxylation is 3. The molecule has 1 amide bonds. The van der Waals surface area contributed by atoms with Crippen LogP contribution in [0.4, 0.5) is 11.4 Å². The van der Waals surface area contributed by atoms with Gasteiger partial charge in [-0.15, -0.1) is 0 Å². The molecule has 0 aromatic heterocycles. The van der Waals surface area contributed by atoms with Crippen LogP contribution in [0.1, 0.15) is 23.6 Å². The minimum Gasteiger partial charge on any atom is -0.324 e. The number of sulfonamides is 1. The molecule has 0 aliphatic rings. The third-order valence-electron chi connectivity index (χ3n) is 4.08. The predicted molar refractivity (Wildman–Crippen MR) is 108 cm³/mol. The molecule has 0 aliphatic carbocycles. The van der Waals surface area contributed by atoms with Gasteiger partial charge in [-0.2, -0.15) is 0 Å². The summed E-state index contributed by atoms with van der Waals surface area (Å²) < 4.78 is 25.7. The highest BCUT2D eigenvalue weighted by molar-refractivity contribution is 7.92. The Labute approximate surface area is 160 Å². The zero-order valence-electron chi connectivity index (χ0n) is 15.5. The van der Waals surface area contributed by atoms with Gasteiger partial charge in [0.25, 0.3) is 0 Å². The van der Waals surface area contributed by atoms with Gasteiger partial charge in [-0.25, -0.2) is 8.42 Å². The Morgan fingerprint density at radius 1 is 1.12 bits per heavy atom. The fourth-order valence-corrected chi connectivity index (χ4v) is 4.38. The molecule has 26 heavy (non-hydrogen) atoms. The predicted octanol–water partition coefficient (Wildman–Crippen LogP) is 4.06. The van der Waals surface area contributed by atoms with E-state index in [4.69, 9.17) is 11.6 Å². The lowest BCUT2D eigenvalue weighted by atomic mass is 10.0. The van der Waals surface area contributed by atoms with Crippen molar-refractivity contribution in [2.45, 2.75) is 33.7 Å². The summed E-state index contributed by atoms with van der Waals surface area (Å²) in [6.45, 7) is 7.35. The molecule has 5 nitrogen and oxygen atoms in total. The zero-order chi connectivity index (χ0) is 19.6. The Kier molecular flexibility index (Phi) is 5.98. The molecule has 0 radical (unpaired) electrons. The third-order valence-corrected chi connectivity index (χ3v) is 5.55. The SMILES string of the molecule is Cc1cc(C)c(NC(=O)[C@H](C)N(c2cccc(Cl)c2)S(C)(=O)=O)c(C)c1. The van der Waals surface area contributed by atoms with E-state index in [0.717, 1.165) is 27.3 Å². The van der Waals surface area contributed by atoms with Gasteiger partial charge in [0.15, 0.2) is 0 Å². The molecule has 0 aliphatic heterocycles. The number of amides is 1. The van der Waals surface area contributed by atoms with Gasteiger partial charge in [-0.05, 0) is 57.0 Å². The summed E-state index contributed by atoms with van der Waals surface area (Å²) in [5.74, 6) is -0.412. The number of nitrogens with zero attached hydrogens (tertiary/aromatic N) is 1. The molecule has 7 heteroatoms. The van der Waals surface area contributed by atoms with Crippen LogP contribution in [0.15, 0.2) is 36.4 Å². The first-order valence-corrected chi connectivity index (χ1v) is 10.4. The van der Waals surface area contributed by atoms with Crippen molar-refractivity contribution in [2.24, 2.45) is 0 Å². The molecule has 0 unspecified atom stereocenters. The third kappa shape index (κ3) is 4.56. The van der Waals surface area contributed by atoms with E-state index >= 15 is 0 Å². The standard InChI is InChI=1S/C19H23ClN2O3S/c1-12-9-13(2)18(14(3)10-12)21-19(23)15(4)22(26(5,24)25)17-8-6-7-16(20)11-17/h6-11,15H,1-5H3,(H,21,23)/t15-/m0/s1. The van der Waals surface area contributed by atoms with Gasteiger partial charge >= 0.3 is 0 Å². The number of rotatable bonds is 5. The summed E-state index contributed by atoms with van der Waals surface area (Å²) in [4.78, 5) is 12.8. The highest BCUT2D eigenvalue weighted by Gasteiger charge is 2.29. The maximum atomic E-state index is 12.8. The van der Waals surface area contributed by atoms with Gasteiger partial charge in [0, 0.05) is 10.7 Å². The van der Waals surface area contributed by atoms with Crippen molar-refractivity contribution in [1.29, 1.82) is 0 Å². The van der Waals surface area contributed by atoms with Gasteiger partial charge in [-0.1, -0.05) is 35.4 Å². The van der Waals surface area contributed by atoms with E-state index in [0.29, 0.717) is 16.4 Å². The average molecular weight is 395 g/mol. The summed E-state index contributed by atoms with van der Waals surface area (Å²) in [6, 6.07) is 9.43. The van der Waals surface area contributed by atoms with Crippen LogP contribution < -0.4 is 9.62 Å². The molecule has 1 atom stereocenters. The monoisotopic (exact) mass is 394 g/mol. The molecule has 2 aromatic rings. The number of halogens is 1. The minimum atomic E-state index is -3.68. The van der Waals surface area contributed by atoms with Crippen LogP contribution >= 0.6 is 11.6 Å². The largest absolute Gasteiger partial charge is 0.324 e. The van der Waals surface area contributed by atoms with Crippen molar-refractivity contribution < 1.29 is 13.2 Å². The number of nitrogens with one attached hydrogen (secondary N) is 1. The zero-order valence-corrected chi connectivity index (χ0v) is 17.1. The fraction of sp³-hybridized carbons (Fsp3) is 0.316. The molecule has 0 saturated heterocycles. The number of benzene rings is 2. The van der Waals surface area contributed by atoms with E-state index in [1.165, 1.54) is 6.07 Å². The number of hydrogen-bond acceptors (Lipinski definition) is 3. The molecule has 2 rings (SSSR count). The topological polar surface area (TPSA) is 66.5 Å². The van der Waals surface area contributed by atoms with Crippen LogP contribution in [-0.2, 0) is 14.8 Å². The van der Waals surface area contributed by atoms with E-state index in [9.17, 15) is 13.2 Å². The molecular weight excluding hydrogens is 372 g/mol. The van der Waals surface area contributed by atoms with E-state index in [2.05, 4.69) is 5.32 Å². The van der Waals surface area contributed by atoms with E-state index in [-0.39, 0.29) is 0 Å². The number of anilines is 2. The highest BCUT2D eigenvalue weighted by Crippen LogP contribution is 2.26. The maximum Gasteiger partial charge on any atom is 0.248 e. The van der Waals surface area contributed by atoms with E-state index in [1.54, 1.807) is 25.1 Å². The van der Waals surface area contributed by atoms with Crippen LogP contribution in [0.2, 0.25) is 5.02 Å². The summed E-state index contributed by atoms with van der Waals surface area (Å²) in [5, 5.41) is 3.26. The van der Waals surface area contributed by atoms with Gasteiger partial charge < -0.3 is 5.32 Å². The van der Waals surface area contributed by atoms with Gasteiger partial charge in [0.2, 0.25) is 15.9 Å². The summed E-state index contributed by atoms with van der Waals surface area (Å²) in [5.41, 5.74) is 4.00. The second kappa shape index (κ2) is 7.68. The molecule has 1 N–H and O–H groups in total. The van der Waals surface area contributed by atoms with Crippen molar-refractivity contribution in [3.8, 4) is 0 Å². The van der Waals surface area contributed by atoms with Gasteiger partial charge in [0.05, 0.1) is 11.9 Å². The minimum absolute atomic E-state index is 0.347. The molecule has 0 heterocycles. The molecule has 2 aromatic carbocycles. The highest BCUT2D eigenvalue weighted by atomic mass is 35.5. The van der Waals surface area contributed by atoms with Crippen LogP contribution in [0.3, 0.4) is 0 Å². The first-order chi connectivity index (χ1) is 12.0. The smallest absolute Gasteiger partial charge is 0.248 e. The van der Waals surface area contributed by atoms with Crippen LogP contribution in [0.25, 0.3) is 0 Å². The van der Waals surface area contributed by atoms with Gasteiger partial charge in [-0.3, -0.25) is 9.10 Å². The summed E-state index contributed by atoms with van der Waals surface area (Å²) >= 11 is 5.99. The lowest BCUT2D eigenvalue weighted by Crippen LogP contribution is -2.45. The number of carbonyl (C=O) groups excluding carboxylic acids is 1. The Morgan fingerprint density at radius 3 is 2.19 bits per heavy atom. The Bertz CT molecular complexity index is 919. The maximum absolute atomic E-state index is 12.8. The van der Waals surface area contributed by atoms with Crippen LogP contribution in [-0.4, -0.2) is 26.6 Å². The lowest BCUT2D eigenvalue weighted by molar-refractivity contribution is -0.116. The quantitative estimate of drug-likeness (QED) is 0.831. The Morgan fingerprint density at radius 2 is 1.69 bits per heavy atom. The Hall–Kier alpha value is -2.05. The van der Waals surface area contributed by atoms with Crippen LogP contribution in [0.5, 0.6) is 0 Å². The lowest BCUT2D eigenvalue weighted by Gasteiger charge is -2.28. The van der Waals surface area contributed by atoms with E-state index < -0.39 is 22.0 Å². The first-order valence-electron chi connectivity index (χ1n) is 8.14. The van der Waals surface area contributed by atoms with Crippen molar-refractivity contribution in [3.63, 3.8) is 0 Å². The second-order valence-electron chi connectivity index (χ2n) is 6.48. The summed E-state index contributed by atoms with van der Waals surface area (Å²) in [7, 11) is -3.68. The molecule has 0 fully saturated rings. The average Bonchev–Trinajstić information content (AvgIpc) is 2.49. The van der Waals surface area contributed by atoms with Crippen molar-refractivity contribution in [3.05, 3.63) is 58.1 Å². The van der Waals surface area contributed by atoms with Crippen molar-refractivity contribution in [2.75, 3.05) is 15.9 Å². The van der Waals surface area contributed by atoms with Crippen molar-refractivity contribution >= 4 is 38.9 Å². The normalized spacial score (nSPS) is 12.5. The summed E-state index contributed by atoms with van der Waals surface area (Å²) in [6.07, 6.45) is 1.07. The first kappa shape index (κ1) is 20.3. The molecular formula is C19H23ClN2O3S. The number of hydrogen-bond donors (Lipinski definition) is 1. The van der Waals surface area contributed by atoms with Crippen LogP contribution in [0, 0.1) is 20.8 Å². The van der Waals surface area contributed by atoms with Crippen molar-refractivity contribution in [1.82, 2.24) is 0 Å². The molecule has 140 valence electrons. The second-order valence-corrected chi connectivity index (χ2v) is 8.77. The van der Waals surface area contributed by atoms with E-state index in [1.807, 2.05) is 32.9 Å². The molecule has 0 saturated carbocycles. The molecule has 0 spiro atoms.